The lowest BCUT2D eigenvalue weighted by molar-refractivity contribution is -0.130. The molecule has 19 heavy (non-hydrogen) atoms. The van der Waals surface area contributed by atoms with Crippen molar-refractivity contribution >= 4 is 11.8 Å². The van der Waals surface area contributed by atoms with Crippen LogP contribution in [-0.4, -0.2) is 24.4 Å². The fourth-order valence-electron chi connectivity index (χ4n) is 2.83. The molecule has 3 aliphatic rings. The van der Waals surface area contributed by atoms with Crippen molar-refractivity contribution in [3.05, 3.63) is 0 Å². The molecule has 3 rings (SSSR count). The lowest BCUT2D eigenvalue weighted by Crippen LogP contribution is -2.49. The minimum Gasteiger partial charge on any atom is -0.354 e. The van der Waals surface area contributed by atoms with Gasteiger partial charge in [-0.3, -0.25) is 9.59 Å². The molecule has 0 aromatic heterocycles. The van der Waals surface area contributed by atoms with Crippen molar-refractivity contribution in [1.29, 1.82) is 0 Å². The predicted molar refractivity (Wildman–Crippen MR) is 72.3 cm³/mol. The van der Waals surface area contributed by atoms with Crippen LogP contribution >= 0.6 is 0 Å². The van der Waals surface area contributed by atoms with Crippen LogP contribution < -0.4 is 10.6 Å². The highest BCUT2D eigenvalue weighted by Gasteiger charge is 2.35. The van der Waals surface area contributed by atoms with Crippen molar-refractivity contribution < 1.29 is 9.59 Å². The van der Waals surface area contributed by atoms with Crippen LogP contribution in [0.5, 0.6) is 0 Å². The molecule has 2 N–H and O–H groups in total. The molecule has 0 saturated heterocycles. The topological polar surface area (TPSA) is 58.2 Å². The van der Waals surface area contributed by atoms with Crippen molar-refractivity contribution in [3.63, 3.8) is 0 Å². The molecule has 3 fully saturated rings. The van der Waals surface area contributed by atoms with E-state index in [4.69, 9.17) is 0 Å². The molecular formula is C15H24N2O2. The van der Waals surface area contributed by atoms with Gasteiger partial charge in [0.05, 0.1) is 0 Å². The van der Waals surface area contributed by atoms with E-state index in [-0.39, 0.29) is 29.7 Å². The van der Waals surface area contributed by atoms with Crippen LogP contribution in [-0.2, 0) is 9.59 Å². The summed E-state index contributed by atoms with van der Waals surface area (Å²) in [5, 5.41) is 6.19. The maximum Gasteiger partial charge on any atom is 0.223 e. The molecule has 0 aromatic rings. The minimum atomic E-state index is 0.164. The Morgan fingerprint density at radius 2 is 1.47 bits per heavy atom. The highest BCUT2D eigenvalue weighted by Crippen LogP contribution is 2.34. The van der Waals surface area contributed by atoms with Crippen LogP contribution in [0, 0.1) is 17.8 Å². The number of rotatable bonds is 6. The molecule has 4 heteroatoms. The number of carbonyl (C=O) groups is 2. The van der Waals surface area contributed by atoms with E-state index >= 15 is 0 Å². The monoisotopic (exact) mass is 264 g/mol. The highest BCUT2D eigenvalue weighted by molar-refractivity contribution is 5.81. The Balaban J connectivity index is 1.44. The van der Waals surface area contributed by atoms with Gasteiger partial charge < -0.3 is 10.6 Å². The first kappa shape index (κ1) is 12.9. The van der Waals surface area contributed by atoms with E-state index in [1.165, 1.54) is 25.7 Å². The van der Waals surface area contributed by atoms with Crippen LogP contribution in [0.4, 0.5) is 0 Å². The van der Waals surface area contributed by atoms with Crippen LogP contribution in [0.3, 0.4) is 0 Å². The van der Waals surface area contributed by atoms with E-state index in [2.05, 4.69) is 10.6 Å². The van der Waals surface area contributed by atoms with E-state index in [9.17, 15) is 9.59 Å². The fraction of sp³-hybridized carbons (Fsp3) is 0.867. The van der Waals surface area contributed by atoms with Gasteiger partial charge in [-0.05, 0) is 44.4 Å². The first-order valence-corrected chi connectivity index (χ1v) is 7.82. The van der Waals surface area contributed by atoms with Gasteiger partial charge in [-0.2, -0.15) is 0 Å². The molecule has 1 atom stereocenters. The van der Waals surface area contributed by atoms with Gasteiger partial charge in [-0.1, -0.05) is 12.8 Å². The molecule has 0 heterocycles. The normalized spacial score (nSPS) is 25.1. The lowest BCUT2D eigenvalue weighted by Gasteiger charge is -2.29. The molecule has 106 valence electrons. The Kier molecular flexibility index (Phi) is 3.76. The van der Waals surface area contributed by atoms with Crippen molar-refractivity contribution in [3.8, 4) is 0 Å². The van der Waals surface area contributed by atoms with E-state index in [0.717, 1.165) is 25.7 Å². The standard InChI is InChI=1S/C15H24N2O2/c18-14(11-3-1-4-11)16-9-13(10-7-8-10)17-15(19)12-5-2-6-12/h10-13H,1-9H2,(H,16,18)(H,17,19)/t13-/m0/s1. The third-order valence-electron chi connectivity index (χ3n) is 4.97. The summed E-state index contributed by atoms with van der Waals surface area (Å²) < 4.78 is 0. The predicted octanol–water partition coefficient (Wildman–Crippen LogP) is 1.60. The number of nitrogens with one attached hydrogen (secondary N) is 2. The summed E-state index contributed by atoms with van der Waals surface area (Å²) in [6, 6.07) is 0.164. The Hall–Kier alpha value is -1.06. The second kappa shape index (κ2) is 5.51. The van der Waals surface area contributed by atoms with Gasteiger partial charge in [0, 0.05) is 24.4 Å². The van der Waals surface area contributed by atoms with E-state index in [1.54, 1.807) is 0 Å². The Labute approximate surface area is 114 Å². The molecule has 0 spiro atoms. The molecule has 0 bridgehead atoms. The molecular weight excluding hydrogens is 240 g/mol. The summed E-state index contributed by atoms with van der Waals surface area (Å²) in [5.74, 6) is 1.47. The zero-order valence-corrected chi connectivity index (χ0v) is 11.5. The maximum atomic E-state index is 12.0. The van der Waals surface area contributed by atoms with E-state index < -0.39 is 0 Å². The van der Waals surface area contributed by atoms with Gasteiger partial charge in [0.2, 0.25) is 11.8 Å². The summed E-state index contributed by atoms with van der Waals surface area (Å²) in [7, 11) is 0. The van der Waals surface area contributed by atoms with Crippen molar-refractivity contribution in [2.24, 2.45) is 17.8 Å². The Bertz CT molecular complexity index is 357. The number of carbonyl (C=O) groups excluding carboxylic acids is 2. The van der Waals surface area contributed by atoms with E-state index in [1.807, 2.05) is 0 Å². The molecule has 2 amide bonds. The Morgan fingerprint density at radius 3 is 1.95 bits per heavy atom. The highest BCUT2D eigenvalue weighted by atomic mass is 16.2. The maximum absolute atomic E-state index is 12.0. The van der Waals surface area contributed by atoms with Crippen LogP contribution in [0.2, 0.25) is 0 Å². The van der Waals surface area contributed by atoms with Crippen LogP contribution in [0.1, 0.15) is 51.4 Å². The first-order valence-electron chi connectivity index (χ1n) is 7.82. The van der Waals surface area contributed by atoms with Crippen LogP contribution in [0.15, 0.2) is 0 Å². The second-order valence-electron chi connectivity index (χ2n) is 6.45. The smallest absolute Gasteiger partial charge is 0.223 e. The lowest BCUT2D eigenvalue weighted by atomic mass is 9.84. The second-order valence-corrected chi connectivity index (χ2v) is 6.45. The SMILES string of the molecule is O=C(NC[C@H](NC(=O)C1CCC1)C1CC1)C1CCC1. The molecule has 0 aliphatic heterocycles. The average molecular weight is 264 g/mol. The number of amides is 2. The zero-order valence-electron chi connectivity index (χ0n) is 11.5. The summed E-state index contributed by atoms with van der Waals surface area (Å²) in [4.78, 5) is 23.8. The van der Waals surface area contributed by atoms with Crippen molar-refractivity contribution in [1.82, 2.24) is 10.6 Å². The number of hydrogen-bond donors (Lipinski definition) is 2. The molecule has 4 nitrogen and oxygen atoms in total. The fourth-order valence-corrected chi connectivity index (χ4v) is 2.83. The molecule has 0 radical (unpaired) electrons. The molecule has 3 aliphatic carbocycles. The van der Waals surface area contributed by atoms with Gasteiger partial charge in [0.15, 0.2) is 0 Å². The van der Waals surface area contributed by atoms with Gasteiger partial charge in [-0.25, -0.2) is 0 Å². The van der Waals surface area contributed by atoms with Crippen LogP contribution in [0.25, 0.3) is 0 Å². The summed E-state index contributed by atoms with van der Waals surface area (Å²) in [6.07, 6.45) is 8.90. The molecule has 0 unspecified atom stereocenters. The van der Waals surface area contributed by atoms with Gasteiger partial charge in [0.1, 0.15) is 0 Å². The average Bonchev–Trinajstić information content (AvgIpc) is 3.02. The van der Waals surface area contributed by atoms with Gasteiger partial charge in [0.25, 0.3) is 0 Å². The zero-order chi connectivity index (χ0) is 13.2. The van der Waals surface area contributed by atoms with E-state index in [0.29, 0.717) is 12.5 Å². The van der Waals surface area contributed by atoms with Gasteiger partial charge >= 0.3 is 0 Å². The number of hydrogen-bond acceptors (Lipinski definition) is 2. The van der Waals surface area contributed by atoms with Gasteiger partial charge in [-0.15, -0.1) is 0 Å². The first-order chi connectivity index (χ1) is 9.24. The van der Waals surface area contributed by atoms with Crippen molar-refractivity contribution in [2.75, 3.05) is 6.54 Å². The largest absolute Gasteiger partial charge is 0.354 e. The third-order valence-corrected chi connectivity index (χ3v) is 4.97. The summed E-state index contributed by atoms with van der Waals surface area (Å²) in [6.45, 7) is 0.623. The molecule has 0 aromatic carbocycles. The summed E-state index contributed by atoms with van der Waals surface area (Å²) >= 11 is 0. The van der Waals surface area contributed by atoms with Crippen molar-refractivity contribution in [2.45, 2.75) is 57.4 Å². The molecule has 3 saturated carbocycles. The Morgan fingerprint density at radius 1 is 0.895 bits per heavy atom. The third kappa shape index (κ3) is 3.10. The minimum absolute atomic E-state index is 0.164. The quantitative estimate of drug-likeness (QED) is 0.765. The summed E-state index contributed by atoms with van der Waals surface area (Å²) in [5.41, 5.74) is 0.